The quantitative estimate of drug-likeness (QED) is 0.849. The highest BCUT2D eigenvalue weighted by atomic mass is 35.5. The van der Waals surface area contributed by atoms with E-state index in [1.54, 1.807) is 24.3 Å². The zero-order valence-electron chi connectivity index (χ0n) is 10.8. The van der Waals surface area contributed by atoms with Crippen molar-refractivity contribution in [3.63, 3.8) is 0 Å². The molecule has 0 saturated carbocycles. The molecule has 3 N–H and O–H groups in total. The summed E-state index contributed by atoms with van der Waals surface area (Å²) in [6.45, 7) is 0.167. The number of aromatic nitrogens is 1. The third-order valence-electron chi connectivity index (χ3n) is 2.46. The van der Waals surface area contributed by atoms with Gasteiger partial charge in [-0.25, -0.2) is 4.98 Å². The van der Waals surface area contributed by atoms with Crippen LogP contribution in [-0.2, 0) is 0 Å². The van der Waals surface area contributed by atoms with Crippen LogP contribution in [0.4, 0.5) is 0 Å². The Morgan fingerprint density at radius 2 is 2.10 bits per heavy atom. The molecule has 0 unspecified atom stereocenters. The molecule has 2 rings (SSSR count). The summed E-state index contributed by atoms with van der Waals surface area (Å²) in [5.41, 5.74) is 5.31. The van der Waals surface area contributed by atoms with Crippen LogP contribution in [0.15, 0.2) is 36.5 Å². The lowest BCUT2D eigenvalue weighted by Crippen LogP contribution is -2.13. The van der Waals surface area contributed by atoms with E-state index in [0.29, 0.717) is 16.3 Å². The van der Waals surface area contributed by atoms with Gasteiger partial charge < -0.3 is 15.6 Å². The largest absolute Gasteiger partial charge is 0.505 e. The van der Waals surface area contributed by atoms with Crippen molar-refractivity contribution in [3.8, 4) is 23.3 Å². The lowest BCUT2D eigenvalue weighted by Gasteiger charge is -2.01. The van der Waals surface area contributed by atoms with Crippen LogP contribution in [-0.4, -0.2) is 22.6 Å². The second kappa shape index (κ2) is 6.64. The summed E-state index contributed by atoms with van der Waals surface area (Å²) >= 11 is 5.76. The smallest absolute Gasteiger partial charge is 0.271 e. The molecule has 1 aromatic carbocycles. The maximum Gasteiger partial charge on any atom is 0.271 e. The third-order valence-corrected chi connectivity index (χ3v) is 2.71. The second-order valence-corrected chi connectivity index (χ2v) is 4.44. The van der Waals surface area contributed by atoms with E-state index < -0.39 is 5.91 Å². The van der Waals surface area contributed by atoms with E-state index in [0.717, 1.165) is 0 Å². The van der Waals surface area contributed by atoms with Gasteiger partial charge in [-0.3, -0.25) is 4.79 Å². The van der Waals surface area contributed by atoms with Crippen molar-refractivity contribution in [1.29, 1.82) is 0 Å². The first-order valence-corrected chi connectivity index (χ1v) is 6.30. The number of rotatable bonds is 3. The summed E-state index contributed by atoms with van der Waals surface area (Å²) < 4.78 is 5.39. The summed E-state index contributed by atoms with van der Waals surface area (Å²) in [4.78, 5) is 14.7. The van der Waals surface area contributed by atoms with Crippen LogP contribution < -0.4 is 10.5 Å². The maximum absolute atomic E-state index is 10.9. The molecule has 2 aromatic rings. The van der Waals surface area contributed by atoms with Crippen LogP contribution in [0, 0.1) is 11.8 Å². The van der Waals surface area contributed by atoms with Gasteiger partial charge in [-0.1, -0.05) is 23.4 Å². The molecule has 0 radical (unpaired) electrons. The first-order valence-electron chi connectivity index (χ1n) is 5.92. The van der Waals surface area contributed by atoms with Gasteiger partial charge >= 0.3 is 0 Å². The van der Waals surface area contributed by atoms with Crippen LogP contribution >= 0.6 is 11.6 Å². The minimum absolute atomic E-state index is 0.167. The Morgan fingerprint density at radius 1 is 1.38 bits per heavy atom. The van der Waals surface area contributed by atoms with E-state index in [-0.39, 0.29) is 18.1 Å². The van der Waals surface area contributed by atoms with Crippen molar-refractivity contribution in [2.45, 2.75) is 0 Å². The predicted octanol–water partition coefficient (Wildman–Crippen LogP) is 1.97. The number of nitrogens with two attached hydrogens (primary N) is 1. The van der Waals surface area contributed by atoms with Crippen molar-refractivity contribution in [3.05, 3.63) is 52.8 Å². The zero-order chi connectivity index (χ0) is 15.2. The molecule has 0 aliphatic carbocycles. The van der Waals surface area contributed by atoms with Gasteiger partial charge in [0.25, 0.3) is 5.91 Å². The summed E-state index contributed by atoms with van der Waals surface area (Å²) in [5.74, 6) is 5.09. The molecular weight excluding hydrogens is 292 g/mol. The van der Waals surface area contributed by atoms with Crippen LogP contribution in [0.2, 0.25) is 5.02 Å². The Morgan fingerprint density at radius 3 is 2.71 bits per heavy atom. The van der Waals surface area contributed by atoms with Crippen molar-refractivity contribution in [2.24, 2.45) is 5.73 Å². The molecule has 1 heterocycles. The Bertz CT molecular complexity index is 718. The lowest BCUT2D eigenvalue weighted by molar-refractivity contribution is 0.0993. The predicted molar refractivity (Wildman–Crippen MR) is 78.2 cm³/mol. The number of carbonyl (C=O) groups is 1. The topological polar surface area (TPSA) is 85.4 Å². The highest BCUT2D eigenvalue weighted by Gasteiger charge is 2.08. The van der Waals surface area contributed by atoms with Crippen molar-refractivity contribution < 1.29 is 14.6 Å². The molecule has 0 fully saturated rings. The number of hydrogen-bond acceptors (Lipinski definition) is 4. The number of primary amides is 1. The van der Waals surface area contributed by atoms with E-state index in [1.165, 1.54) is 12.3 Å². The average Bonchev–Trinajstić information content (AvgIpc) is 2.45. The van der Waals surface area contributed by atoms with Gasteiger partial charge in [0.2, 0.25) is 0 Å². The number of halogens is 1. The van der Waals surface area contributed by atoms with Crippen LogP contribution in [0.3, 0.4) is 0 Å². The summed E-state index contributed by atoms with van der Waals surface area (Å²) in [6, 6.07) is 8.23. The number of hydrogen-bond donors (Lipinski definition) is 2. The van der Waals surface area contributed by atoms with E-state index in [1.807, 2.05) is 0 Å². The SMILES string of the molecule is NC(=O)c1ncc(C#CCOc2ccc(Cl)cc2)cc1O. The number of nitrogens with zero attached hydrogens (tertiary/aromatic N) is 1. The number of carbonyl (C=O) groups excluding carboxylic acids is 1. The fourth-order valence-electron chi connectivity index (χ4n) is 1.50. The maximum atomic E-state index is 10.9. The van der Waals surface area contributed by atoms with E-state index >= 15 is 0 Å². The molecule has 0 bridgehead atoms. The molecule has 0 aliphatic heterocycles. The Hall–Kier alpha value is -2.71. The van der Waals surface area contributed by atoms with Crippen molar-refractivity contribution in [2.75, 3.05) is 6.61 Å². The van der Waals surface area contributed by atoms with Crippen molar-refractivity contribution in [1.82, 2.24) is 4.98 Å². The number of amides is 1. The summed E-state index contributed by atoms with van der Waals surface area (Å²) in [5, 5.41) is 10.2. The monoisotopic (exact) mass is 302 g/mol. The standard InChI is InChI=1S/C15H11ClN2O3/c16-11-3-5-12(6-4-11)21-7-1-2-10-8-13(19)14(15(17)20)18-9-10/h3-6,8-9,19H,7H2,(H2,17,20). The van der Waals surface area contributed by atoms with Gasteiger partial charge in [0.05, 0.1) is 0 Å². The molecule has 0 aliphatic rings. The minimum atomic E-state index is -0.793. The number of benzene rings is 1. The first kappa shape index (κ1) is 14.7. The van der Waals surface area contributed by atoms with E-state index in [9.17, 15) is 9.90 Å². The molecule has 5 nitrogen and oxygen atoms in total. The molecule has 21 heavy (non-hydrogen) atoms. The minimum Gasteiger partial charge on any atom is -0.505 e. The summed E-state index contributed by atoms with van der Waals surface area (Å²) in [6.07, 6.45) is 1.36. The van der Waals surface area contributed by atoms with E-state index in [4.69, 9.17) is 22.1 Å². The Balaban J connectivity index is 1.98. The molecular formula is C15H11ClN2O3. The Kier molecular flexibility index (Phi) is 4.64. The Labute approximate surface area is 126 Å². The van der Waals surface area contributed by atoms with Gasteiger partial charge in [0.1, 0.15) is 18.1 Å². The fourth-order valence-corrected chi connectivity index (χ4v) is 1.63. The lowest BCUT2D eigenvalue weighted by atomic mass is 10.2. The average molecular weight is 303 g/mol. The fraction of sp³-hybridized carbons (Fsp3) is 0.0667. The number of pyridine rings is 1. The van der Waals surface area contributed by atoms with E-state index in [2.05, 4.69) is 16.8 Å². The normalized spacial score (nSPS) is 9.57. The van der Waals surface area contributed by atoms with Crippen molar-refractivity contribution >= 4 is 17.5 Å². The summed E-state index contributed by atoms with van der Waals surface area (Å²) in [7, 11) is 0. The number of ether oxygens (including phenoxy) is 1. The van der Waals surface area contributed by atoms with Crippen LogP contribution in [0.1, 0.15) is 16.1 Å². The van der Waals surface area contributed by atoms with Gasteiger partial charge in [-0.15, -0.1) is 0 Å². The molecule has 0 spiro atoms. The number of aromatic hydroxyl groups is 1. The van der Waals surface area contributed by atoms with Gasteiger partial charge in [-0.2, -0.15) is 0 Å². The van der Waals surface area contributed by atoms with Gasteiger partial charge in [0.15, 0.2) is 5.69 Å². The van der Waals surface area contributed by atoms with Crippen LogP contribution in [0.25, 0.3) is 0 Å². The molecule has 0 atom stereocenters. The molecule has 1 amide bonds. The second-order valence-electron chi connectivity index (χ2n) is 4.00. The molecule has 1 aromatic heterocycles. The molecule has 106 valence electrons. The molecule has 0 saturated heterocycles. The van der Waals surface area contributed by atoms with Gasteiger partial charge in [-0.05, 0) is 30.3 Å². The zero-order valence-corrected chi connectivity index (χ0v) is 11.6. The van der Waals surface area contributed by atoms with Crippen LogP contribution in [0.5, 0.6) is 11.5 Å². The third kappa shape index (κ3) is 4.13. The molecule has 6 heteroatoms. The first-order chi connectivity index (χ1) is 10.1. The highest BCUT2D eigenvalue weighted by Crippen LogP contribution is 2.16. The highest BCUT2D eigenvalue weighted by molar-refractivity contribution is 6.30. The van der Waals surface area contributed by atoms with Gasteiger partial charge in [0, 0.05) is 16.8 Å².